The number of hydrogen-bond donors (Lipinski definition) is 1. The number of aryl methyl sites for hydroxylation is 2. The van der Waals surface area contributed by atoms with Crippen LogP contribution in [0.4, 0.5) is 13.2 Å². The molecule has 0 aliphatic carbocycles. The van der Waals surface area contributed by atoms with Crippen molar-refractivity contribution in [2.45, 2.75) is 51.0 Å². The average Bonchev–Trinajstić information content (AvgIpc) is 3.06. The SMILES string of the molecule is CCOc1cc(CC(=N)C(=O)c2cccc(=O)cc2C)ccc1S(=O)(=O)CCCc1cccc(COC(F)(F)F)c1. The molecule has 3 aromatic carbocycles. The molecule has 0 bridgehead atoms. The zero-order valence-electron chi connectivity index (χ0n) is 22.6. The molecule has 0 saturated heterocycles. The Morgan fingerprint density at radius 1 is 0.951 bits per heavy atom. The van der Waals surface area contributed by atoms with Crippen LogP contribution in [0.15, 0.2) is 76.4 Å². The van der Waals surface area contributed by atoms with Crippen molar-refractivity contribution in [3.63, 3.8) is 0 Å². The van der Waals surface area contributed by atoms with E-state index < -0.39 is 28.6 Å². The number of benzene rings is 2. The van der Waals surface area contributed by atoms with E-state index in [1.54, 1.807) is 32.0 Å². The lowest BCUT2D eigenvalue weighted by Crippen LogP contribution is -2.17. The van der Waals surface area contributed by atoms with E-state index >= 15 is 0 Å². The summed E-state index contributed by atoms with van der Waals surface area (Å²) in [6, 6.07) is 16.3. The number of carbonyl (C=O) groups excluding carboxylic acids is 1. The number of ether oxygens (including phenoxy) is 2. The van der Waals surface area contributed by atoms with Crippen LogP contribution in [0.2, 0.25) is 0 Å². The third kappa shape index (κ3) is 9.36. The van der Waals surface area contributed by atoms with Gasteiger partial charge in [-0.1, -0.05) is 42.5 Å². The molecule has 1 N–H and O–H groups in total. The van der Waals surface area contributed by atoms with Crippen LogP contribution in [-0.4, -0.2) is 38.6 Å². The fourth-order valence-electron chi connectivity index (χ4n) is 4.22. The van der Waals surface area contributed by atoms with Crippen molar-refractivity contribution >= 4 is 21.3 Å². The van der Waals surface area contributed by atoms with Crippen LogP contribution in [0.5, 0.6) is 5.75 Å². The van der Waals surface area contributed by atoms with Gasteiger partial charge >= 0.3 is 6.36 Å². The molecule has 7 nitrogen and oxygen atoms in total. The van der Waals surface area contributed by atoms with Gasteiger partial charge in [-0.15, -0.1) is 13.2 Å². The first kappa shape index (κ1) is 31.7. The number of sulfone groups is 1. The molecule has 0 heterocycles. The van der Waals surface area contributed by atoms with Crippen molar-refractivity contribution < 1.29 is 35.9 Å². The molecule has 0 atom stereocenters. The first-order valence-electron chi connectivity index (χ1n) is 12.8. The minimum atomic E-state index is -4.74. The van der Waals surface area contributed by atoms with Crippen LogP contribution in [0, 0.1) is 12.3 Å². The summed E-state index contributed by atoms with van der Waals surface area (Å²) in [4.78, 5) is 24.5. The van der Waals surface area contributed by atoms with Gasteiger partial charge in [-0.2, -0.15) is 0 Å². The van der Waals surface area contributed by atoms with Crippen LogP contribution in [0.25, 0.3) is 0 Å². The van der Waals surface area contributed by atoms with Crippen molar-refractivity contribution in [1.29, 1.82) is 5.41 Å². The quantitative estimate of drug-likeness (QED) is 0.204. The van der Waals surface area contributed by atoms with Gasteiger partial charge in [0, 0.05) is 12.0 Å². The second-order valence-corrected chi connectivity index (χ2v) is 11.4. The van der Waals surface area contributed by atoms with Crippen LogP contribution < -0.4 is 10.2 Å². The van der Waals surface area contributed by atoms with Gasteiger partial charge in [0.15, 0.2) is 15.3 Å². The number of ketones is 1. The zero-order chi connectivity index (χ0) is 30.2. The minimum absolute atomic E-state index is 0.0258. The molecular weight excluding hydrogens is 559 g/mol. The largest absolute Gasteiger partial charge is 0.522 e. The molecule has 218 valence electrons. The van der Waals surface area contributed by atoms with Gasteiger partial charge in [0.2, 0.25) is 5.78 Å². The van der Waals surface area contributed by atoms with Crippen LogP contribution >= 0.6 is 0 Å². The molecular formula is C30H30F3NO6S. The van der Waals surface area contributed by atoms with Gasteiger partial charge in [-0.25, -0.2) is 8.42 Å². The summed E-state index contributed by atoms with van der Waals surface area (Å²) in [5.74, 6) is -0.660. The molecule has 0 fully saturated rings. The highest BCUT2D eigenvalue weighted by atomic mass is 32.2. The molecule has 11 heteroatoms. The highest BCUT2D eigenvalue weighted by Crippen LogP contribution is 2.28. The fraction of sp³-hybridized carbons (Fsp3) is 0.300. The van der Waals surface area contributed by atoms with Gasteiger partial charge in [0.05, 0.1) is 24.7 Å². The van der Waals surface area contributed by atoms with Gasteiger partial charge in [0.25, 0.3) is 0 Å². The summed E-state index contributed by atoms with van der Waals surface area (Å²) in [6.45, 7) is 2.88. The third-order valence-corrected chi connectivity index (χ3v) is 7.96. The lowest BCUT2D eigenvalue weighted by atomic mass is 9.99. The fourth-order valence-corrected chi connectivity index (χ4v) is 5.66. The molecule has 3 rings (SSSR count). The Morgan fingerprint density at radius 2 is 1.66 bits per heavy atom. The van der Waals surface area contributed by atoms with Crippen molar-refractivity contribution in [3.05, 3.63) is 105 Å². The molecule has 0 saturated carbocycles. The Balaban J connectivity index is 1.70. The molecule has 0 aromatic heterocycles. The van der Waals surface area contributed by atoms with Crippen LogP contribution in [0.3, 0.4) is 0 Å². The lowest BCUT2D eigenvalue weighted by Gasteiger charge is -2.13. The van der Waals surface area contributed by atoms with Gasteiger partial charge in [-0.3, -0.25) is 14.3 Å². The lowest BCUT2D eigenvalue weighted by molar-refractivity contribution is -0.330. The minimum Gasteiger partial charge on any atom is -0.493 e. The number of hydrogen-bond acceptors (Lipinski definition) is 7. The second-order valence-electron chi connectivity index (χ2n) is 9.34. The molecule has 0 aliphatic rings. The summed E-state index contributed by atoms with van der Waals surface area (Å²) >= 11 is 0. The standard InChI is InChI=1S/C30H30F3NO6S/c1-3-39-27-18-22(17-26(34)29(36)25-11-5-10-24(35)15-20(25)2)12-13-28(27)41(37,38)14-6-9-21-7-4-8-23(16-21)19-40-30(31,32)33/h4-5,7-8,10-13,15-16,18,34H,3,6,9,14,17,19H2,1-2H3. The summed E-state index contributed by atoms with van der Waals surface area (Å²) in [7, 11) is -3.79. The number of halogens is 3. The van der Waals surface area contributed by atoms with Crippen molar-refractivity contribution in [3.8, 4) is 5.75 Å². The maximum atomic E-state index is 13.2. The monoisotopic (exact) mass is 589 g/mol. The number of rotatable bonds is 13. The highest BCUT2D eigenvalue weighted by Gasteiger charge is 2.29. The van der Waals surface area contributed by atoms with E-state index in [1.165, 1.54) is 48.5 Å². The van der Waals surface area contributed by atoms with E-state index in [1.807, 2.05) is 0 Å². The van der Waals surface area contributed by atoms with E-state index in [2.05, 4.69) is 4.74 Å². The van der Waals surface area contributed by atoms with Crippen LogP contribution in [-0.2, 0) is 34.0 Å². The third-order valence-electron chi connectivity index (χ3n) is 6.12. The topological polar surface area (TPSA) is 111 Å². The smallest absolute Gasteiger partial charge is 0.493 e. The molecule has 0 unspecified atom stereocenters. The average molecular weight is 590 g/mol. The van der Waals surface area contributed by atoms with Gasteiger partial charge < -0.3 is 10.1 Å². The summed E-state index contributed by atoms with van der Waals surface area (Å²) in [6.07, 6.45) is -4.27. The van der Waals surface area contributed by atoms with Gasteiger partial charge in [-0.05, 0) is 73.2 Å². The van der Waals surface area contributed by atoms with Crippen molar-refractivity contribution in [1.82, 2.24) is 0 Å². The normalized spacial score (nSPS) is 11.7. The number of carbonyl (C=O) groups is 1. The number of nitrogens with one attached hydrogen (secondary N) is 1. The predicted molar refractivity (Wildman–Crippen MR) is 148 cm³/mol. The van der Waals surface area contributed by atoms with E-state index in [4.69, 9.17) is 10.1 Å². The van der Waals surface area contributed by atoms with Gasteiger partial charge in [0.1, 0.15) is 10.6 Å². The van der Waals surface area contributed by atoms with E-state index in [-0.39, 0.29) is 52.6 Å². The zero-order valence-corrected chi connectivity index (χ0v) is 23.4. The Morgan fingerprint density at radius 3 is 2.37 bits per heavy atom. The first-order chi connectivity index (χ1) is 19.3. The molecule has 0 amide bonds. The van der Waals surface area contributed by atoms with Crippen molar-refractivity contribution in [2.24, 2.45) is 0 Å². The first-order valence-corrected chi connectivity index (χ1v) is 14.4. The second kappa shape index (κ2) is 13.7. The van der Waals surface area contributed by atoms with E-state index in [0.29, 0.717) is 28.7 Å². The molecule has 3 aromatic rings. The summed E-state index contributed by atoms with van der Waals surface area (Å²) in [5, 5.41) is 8.32. The van der Waals surface area contributed by atoms with Crippen molar-refractivity contribution in [2.75, 3.05) is 12.4 Å². The predicted octanol–water partition coefficient (Wildman–Crippen LogP) is 5.64. The maximum Gasteiger partial charge on any atom is 0.522 e. The van der Waals surface area contributed by atoms with E-state index in [9.17, 15) is 31.2 Å². The van der Waals surface area contributed by atoms with E-state index in [0.717, 1.165) is 0 Å². The highest BCUT2D eigenvalue weighted by molar-refractivity contribution is 7.91. The van der Waals surface area contributed by atoms with Crippen LogP contribution in [0.1, 0.15) is 46.0 Å². The number of Topliss-reactive ketones (excluding diaryl/α,β-unsaturated/α-hetero) is 1. The Labute approximate surface area is 236 Å². The maximum absolute atomic E-state index is 13.2. The molecule has 41 heavy (non-hydrogen) atoms. The summed E-state index contributed by atoms with van der Waals surface area (Å²) in [5.41, 5.74) is 1.72. The Hall–Kier alpha value is -3.83. The molecule has 0 spiro atoms. The summed E-state index contributed by atoms with van der Waals surface area (Å²) < 4.78 is 72.8. The number of alkyl halides is 3. The Bertz CT molecular complexity index is 1590. The Kier molecular flexibility index (Phi) is 10.6. The molecule has 0 aliphatic heterocycles. The molecule has 0 radical (unpaired) electrons.